The lowest BCUT2D eigenvalue weighted by molar-refractivity contribution is -0.385. The molecule has 0 N–H and O–H groups in total. The Labute approximate surface area is 193 Å². The Morgan fingerprint density at radius 2 is 1.84 bits per heavy atom. The van der Waals surface area contributed by atoms with Gasteiger partial charge in [-0.15, -0.1) is 11.3 Å². The number of halogens is 1. The number of esters is 1. The van der Waals surface area contributed by atoms with E-state index in [1.807, 2.05) is 32.9 Å². The Balaban J connectivity index is 1.82. The third-order valence-electron chi connectivity index (χ3n) is 4.63. The number of benzene rings is 2. The van der Waals surface area contributed by atoms with Crippen LogP contribution in [0.3, 0.4) is 0 Å². The first-order valence-corrected chi connectivity index (χ1v) is 10.8. The van der Waals surface area contributed by atoms with E-state index >= 15 is 0 Å². The van der Waals surface area contributed by atoms with Crippen LogP contribution in [0.15, 0.2) is 35.7 Å². The van der Waals surface area contributed by atoms with Gasteiger partial charge in [-0.05, 0) is 44.0 Å². The van der Waals surface area contributed by atoms with Crippen LogP contribution in [0.1, 0.15) is 39.7 Å². The second-order valence-electron chi connectivity index (χ2n) is 7.22. The zero-order valence-corrected chi connectivity index (χ0v) is 19.4. The lowest BCUT2D eigenvalue weighted by atomic mass is 10.0. The van der Waals surface area contributed by atoms with Crippen LogP contribution in [-0.2, 0) is 16.1 Å². The zero-order valence-electron chi connectivity index (χ0n) is 17.8. The van der Waals surface area contributed by atoms with Crippen molar-refractivity contribution >= 4 is 51.3 Å². The summed E-state index contributed by atoms with van der Waals surface area (Å²) in [5.74, 6) is -1.06. The van der Waals surface area contributed by atoms with Gasteiger partial charge in [-0.1, -0.05) is 29.3 Å². The average Bonchev–Trinajstić information content (AvgIpc) is 3.16. The van der Waals surface area contributed by atoms with E-state index in [0.717, 1.165) is 28.4 Å². The molecule has 0 radical (unpaired) electrons. The number of amides is 1. The molecule has 0 aliphatic carbocycles. The van der Waals surface area contributed by atoms with Crippen LogP contribution in [0, 0.1) is 30.9 Å². The summed E-state index contributed by atoms with van der Waals surface area (Å²) >= 11 is 7.02. The molecule has 0 fully saturated rings. The molecule has 1 aromatic heterocycles. The molecule has 1 amide bonds. The number of anilines is 2. The monoisotopic (exact) mass is 473 g/mol. The normalized spacial score (nSPS) is 10.7. The molecule has 10 heteroatoms. The van der Waals surface area contributed by atoms with Crippen molar-refractivity contribution in [3.8, 4) is 0 Å². The standard InChI is InChI=1S/C22H20ClN3O5S/c1-12-7-13(2)20(14(3)8-12)25(15(4)27)22-24-17(11-32-22)10-31-21(28)18-6-5-16(23)9-19(18)26(29)30/h5-9,11H,10H2,1-4H3. The highest BCUT2D eigenvalue weighted by Crippen LogP contribution is 2.34. The van der Waals surface area contributed by atoms with Gasteiger partial charge in [-0.25, -0.2) is 9.78 Å². The van der Waals surface area contributed by atoms with Gasteiger partial charge < -0.3 is 4.74 Å². The van der Waals surface area contributed by atoms with Gasteiger partial charge in [0.1, 0.15) is 12.2 Å². The Bertz CT molecular complexity index is 1200. The summed E-state index contributed by atoms with van der Waals surface area (Å²) in [5, 5.41) is 13.5. The topological polar surface area (TPSA) is 103 Å². The molecular weight excluding hydrogens is 454 g/mol. The average molecular weight is 474 g/mol. The van der Waals surface area contributed by atoms with Crippen LogP contribution in [0.2, 0.25) is 5.02 Å². The van der Waals surface area contributed by atoms with Gasteiger partial charge in [-0.2, -0.15) is 0 Å². The fourth-order valence-electron chi connectivity index (χ4n) is 3.42. The summed E-state index contributed by atoms with van der Waals surface area (Å²) in [6.07, 6.45) is 0. The first-order chi connectivity index (χ1) is 15.1. The number of hydrogen-bond acceptors (Lipinski definition) is 7. The van der Waals surface area contributed by atoms with Crippen molar-refractivity contribution in [1.82, 2.24) is 4.98 Å². The second-order valence-corrected chi connectivity index (χ2v) is 8.49. The Morgan fingerprint density at radius 3 is 2.44 bits per heavy atom. The molecule has 0 aliphatic heterocycles. The third kappa shape index (κ3) is 4.95. The summed E-state index contributed by atoms with van der Waals surface area (Å²) in [7, 11) is 0. The van der Waals surface area contributed by atoms with E-state index in [4.69, 9.17) is 16.3 Å². The Morgan fingerprint density at radius 1 is 1.19 bits per heavy atom. The van der Waals surface area contributed by atoms with Gasteiger partial charge >= 0.3 is 5.97 Å². The second kappa shape index (κ2) is 9.46. The molecule has 0 saturated heterocycles. The predicted molar refractivity (Wildman–Crippen MR) is 123 cm³/mol. The summed E-state index contributed by atoms with van der Waals surface area (Å²) < 4.78 is 5.22. The summed E-state index contributed by atoms with van der Waals surface area (Å²) in [4.78, 5) is 41.3. The number of thiazole rings is 1. The van der Waals surface area contributed by atoms with Crippen LogP contribution in [0.5, 0.6) is 0 Å². The maximum Gasteiger partial charge on any atom is 0.345 e. The fraction of sp³-hybridized carbons (Fsp3) is 0.227. The molecule has 1 heterocycles. The van der Waals surface area contributed by atoms with Crippen molar-refractivity contribution in [1.29, 1.82) is 0 Å². The largest absolute Gasteiger partial charge is 0.455 e. The van der Waals surface area contributed by atoms with E-state index in [0.29, 0.717) is 10.8 Å². The van der Waals surface area contributed by atoms with Gasteiger partial charge in [0.15, 0.2) is 5.13 Å². The quantitative estimate of drug-likeness (QED) is 0.259. The number of rotatable bonds is 6. The minimum absolute atomic E-state index is 0.142. The SMILES string of the molecule is CC(=O)N(c1nc(COC(=O)c2ccc(Cl)cc2[N+](=O)[O-])cs1)c1c(C)cc(C)cc1C. The predicted octanol–water partition coefficient (Wildman–Crippen LogP) is 5.67. The number of nitro benzene ring substituents is 1. The number of aryl methyl sites for hydroxylation is 3. The molecule has 8 nitrogen and oxygen atoms in total. The molecule has 0 atom stereocenters. The van der Waals surface area contributed by atoms with E-state index in [9.17, 15) is 19.7 Å². The summed E-state index contributed by atoms with van der Waals surface area (Å²) in [6, 6.07) is 7.70. The van der Waals surface area contributed by atoms with Crippen LogP contribution in [-0.4, -0.2) is 21.8 Å². The van der Waals surface area contributed by atoms with Crippen molar-refractivity contribution < 1.29 is 19.2 Å². The van der Waals surface area contributed by atoms with Gasteiger partial charge in [0.2, 0.25) is 5.91 Å². The zero-order chi connectivity index (χ0) is 23.6. The van der Waals surface area contributed by atoms with Crippen LogP contribution in [0.4, 0.5) is 16.5 Å². The molecule has 0 saturated carbocycles. The first kappa shape index (κ1) is 23.4. The van der Waals surface area contributed by atoms with Gasteiger partial charge in [0.25, 0.3) is 5.69 Å². The lowest BCUT2D eigenvalue weighted by Gasteiger charge is -2.23. The van der Waals surface area contributed by atoms with Crippen LogP contribution >= 0.6 is 22.9 Å². The first-order valence-electron chi connectivity index (χ1n) is 9.52. The molecular formula is C22H20ClN3O5S. The van der Waals surface area contributed by atoms with Gasteiger partial charge in [0, 0.05) is 23.4 Å². The van der Waals surface area contributed by atoms with Crippen molar-refractivity contribution in [2.45, 2.75) is 34.3 Å². The number of carbonyl (C=O) groups excluding carboxylic acids is 2. The number of carbonyl (C=O) groups is 2. The minimum atomic E-state index is -0.864. The molecule has 2 aromatic carbocycles. The number of nitrogens with zero attached hydrogens (tertiary/aromatic N) is 3. The maximum atomic E-state index is 12.5. The Kier molecular flexibility index (Phi) is 6.90. The maximum absolute atomic E-state index is 12.5. The number of hydrogen-bond donors (Lipinski definition) is 0. The van der Waals surface area contributed by atoms with Crippen LogP contribution < -0.4 is 4.90 Å². The molecule has 3 aromatic rings. The van der Waals surface area contributed by atoms with Crippen molar-refractivity contribution in [3.63, 3.8) is 0 Å². The molecule has 0 spiro atoms. The lowest BCUT2D eigenvalue weighted by Crippen LogP contribution is -2.24. The third-order valence-corrected chi connectivity index (χ3v) is 5.74. The number of ether oxygens (including phenoxy) is 1. The highest BCUT2D eigenvalue weighted by atomic mass is 35.5. The fourth-order valence-corrected chi connectivity index (χ4v) is 4.45. The number of nitro groups is 1. The number of aromatic nitrogens is 1. The van der Waals surface area contributed by atoms with Crippen LogP contribution in [0.25, 0.3) is 0 Å². The highest BCUT2D eigenvalue weighted by Gasteiger charge is 2.24. The molecule has 0 bridgehead atoms. The van der Waals surface area contributed by atoms with Gasteiger partial charge in [-0.3, -0.25) is 19.8 Å². The van der Waals surface area contributed by atoms with E-state index < -0.39 is 16.6 Å². The Hall–Kier alpha value is -3.30. The molecule has 0 unspecified atom stereocenters. The minimum Gasteiger partial charge on any atom is -0.455 e. The summed E-state index contributed by atoms with van der Waals surface area (Å²) in [6.45, 7) is 7.11. The van der Waals surface area contributed by atoms with E-state index in [1.54, 1.807) is 5.38 Å². The molecule has 166 valence electrons. The molecule has 32 heavy (non-hydrogen) atoms. The van der Waals surface area contributed by atoms with Crippen molar-refractivity contribution in [2.75, 3.05) is 4.90 Å². The molecule has 0 aliphatic rings. The smallest absolute Gasteiger partial charge is 0.345 e. The van der Waals surface area contributed by atoms with E-state index in [-0.39, 0.29) is 23.1 Å². The van der Waals surface area contributed by atoms with E-state index in [1.165, 1.54) is 35.3 Å². The van der Waals surface area contributed by atoms with Crippen molar-refractivity contribution in [2.24, 2.45) is 0 Å². The summed E-state index contributed by atoms with van der Waals surface area (Å²) in [5.41, 5.74) is 3.52. The van der Waals surface area contributed by atoms with Crippen molar-refractivity contribution in [3.05, 3.63) is 78.8 Å². The highest BCUT2D eigenvalue weighted by molar-refractivity contribution is 7.14. The molecule has 3 rings (SSSR count). The van der Waals surface area contributed by atoms with Gasteiger partial charge in [0.05, 0.1) is 16.3 Å². The van der Waals surface area contributed by atoms with E-state index in [2.05, 4.69) is 4.98 Å².